The van der Waals surface area contributed by atoms with Crippen LogP contribution in [0.5, 0.6) is 0 Å². The Morgan fingerprint density at radius 1 is 1.08 bits per heavy atom. The summed E-state index contributed by atoms with van der Waals surface area (Å²) in [6.45, 7) is 1.29. The van der Waals surface area contributed by atoms with Crippen molar-refractivity contribution >= 4 is 34.8 Å². The number of aliphatic hydroxyl groups is 1. The molecule has 2 saturated heterocycles. The van der Waals surface area contributed by atoms with Gasteiger partial charge in [0, 0.05) is 49.9 Å². The quantitative estimate of drug-likeness (QED) is 0.566. The SMILES string of the molecule is CN(C(=O)C(F)(F)F)c1ccc(F)cc1N1CC(O)C(NC2CCN(C(=O)c3ccc(Cl)cc3)CC2)C1. The fraction of sp³-hybridized carbons (Fsp3) is 0.440. The topological polar surface area (TPSA) is 76.1 Å². The summed E-state index contributed by atoms with van der Waals surface area (Å²) >= 11 is 5.89. The molecule has 37 heavy (non-hydrogen) atoms. The number of anilines is 2. The summed E-state index contributed by atoms with van der Waals surface area (Å²) in [7, 11) is 0.980. The van der Waals surface area contributed by atoms with Gasteiger partial charge in [0.05, 0.1) is 23.5 Å². The Morgan fingerprint density at radius 2 is 1.73 bits per heavy atom. The summed E-state index contributed by atoms with van der Waals surface area (Å²) in [5.41, 5.74) is 0.537. The molecule has 2 aliphatic rings. The fourth-order valence-electron chi connectivity index (χ4n) is 4.81. The first kappa shape index (κ1) is 27.2. The lowest BCUT2D eigenvalue weighted by Gasteiger charge is -2.34. The lowest BCUT2D eigenvalue weighted by atomic mass is 10.0. The first-order valence-electron chi connectivity index (χ1n) is 11.8. The van der Waals surface area contributed by atoms with Crippen LogP contribution in [-0.2, 0) is 4.79 Å². The highest BCUT2D eigenvalue weighted by Crippen LogP contribution is 2.34. The predicted octanol–water partition coefficient (Wildman–Crippen LogP) is 3.45. The number of carbonyl (C=O) groups excluding carboxylic acids is 2. The second-order valence-electron chi connectivity index (χ2n) is 9.31. The Morgan fingerprint density at radius 3 is 2.35 bits per heavy atom. The van der Waals surface area contributed by atoms with E-state index in [-0.39, 0.29) is 36.4 Å². The van der Waals surface area contributed by atoms with E-state index in [1.165, 1.54) is 0 Å². The van der Waals surface area contributed by atoms with Gasteiger partial charge < -0.3 is 25.1 Å². The van der Waals surface area contributed by atoms with Crippen LogP contribution in [0.1, 0.15) is 23.2 Å². The van der Waals surface area contributed by atoms with Gasteiger partial charge in [0.2, 0.25) is 0 Å². The van der Waals surface area contributed by atoms with Crippen LogP contribution in [0.15, 0.2) is 42.5 Å². The van der Waals surface area contributed by atoms with E-state index >= 15 is 0 Å². The van der Waals surface area contributed by atoms with Crippen molar-refractivity contribution in [1.29, 1.82) is 0 Å². The van der Waals surface area contributed by atoms with Gasteiger partial charge >= 0.3 is 12.1 Å². The first-order valence-corrected chi connectivity index (χ1v) is 12.2. The summed E-state index contributed by atoms with van der Waals surface area (Å²) in [5, 5.41) is 14.6. The van der Waals surface area contributed by atoms with Crippen LogP contribution >= 0.6 is 11.6 Å². The molecule has 2 atom stereocenters. The van der Waals surface area contributed by atoms with Gasteiger partial charge in [-0.05, 0) is 55.3 Å². The van der Waals surface area contributed by atoms with Gasteiger partial charge in [-0.1, -0.05) is 11.6 Å². The average molecular weight is 543 g/mol. The monoisotopic (exact) mass is 542 g/mol. The van der Waals surface area contributed by atoms with Crippen LogP contribution in [0.25, 0.3) is 0 Å². The number of nitrogens with zero attached hydrogens (tertiary/aromatic N) is 3. The molecule has 2 heterocycles. The van der Waals surface area contributed by atoms with Gasteiger partial charge in [-0.2, -0.15) is 13.2 Å². The third-order valence-electron chi connectivity index (χ3n) is 6.80. The number of nitrogens with one attached hydrogen (secondary N) is 1. The summed E-state index contributed by atoms with van der Waals surface area (Å²) < 4.78 is 53.0. The van der Waals surface area contributed by atoms with Crippen LogP contribution in [-0.4, -0.2) is 79.4 Å². The molecule has 12 heteroatoms. The second-order valence-corrected chi connectivity index (χ2v) is 9.75. The van der Waals surface area contributed by atoms with Crippen molar-refractivity contribution < 1.29 is 32.3 Å². The van der Waals surface area contributed by atoms with Crippen molar-refractivity contribution in [2.45, 2.75) is 37.2 Å². The molecule has 0 bridgehead atoms. The van der Waals surface area contributed by atoms with Crippen molar-refractivity contribution in [2.75, 3.05) is 43.0 Å². The van der Waals surface area contributed by atoms with E-state index in [4.69, 9.17) is 11.6 Å². The molecule has 7 nitrogen and oxygen atoms in total. The van der Waals surface area contributed by atoms with Gasteiger partial charge in [0.25, 0.3) is 5.91 Å². The molecule has 0 saturated carbocycles. The number of hydrogen-bond donors (Lipinski definition) is 2. The van der Waals surface area contributed by atoms with Crippen LogP contribution in [0.4, 0.5) is 28.9 Å². The van der Waals surface area contributed by atoms with E-state index in [0.717, 1.165) is 25.2 Å². The number of halogens is 5. The van der Waals surface area contributed by atoms with Crippen molar-refractivity contribution in [1.82, 2.24) is 10.2 Å². The molecular formula is C25H27ClF4N4O3. The molecule has 0 spiro atoms. The fourth-order valence-corrected chi connectivity index (χ4v) is 4.93. The molecular weight excluding hydrogens is 516 g/mol. The standard InChI is InChI=1S/C25H27ClF4N4O3/c1-32(24(37)25(28,29)30)20-7-6-17(27)12-21(20)34-13-19(22(35)14-34)31-18-8-10-33(11-9-18)23(36)15-2-4-16(26)5-3-15/h2-7,12,18-19,22,31,35H,8-11,13-14H2,1H3. The van der Waals surface area contributed by atoms with Crippen LogP contribution in [0.2, 0.25) is 5.02 Å². The van der Waals surface area contributed by atoms with Crippen LogP contribution in [0.3, 0.4) is 0 Å². The minimum Gasteiger partial charge on any atom is -0.390 e. The summed E-state index contributed by atoms with van der Waals surface area (Å²) in [6.07, 6.45) is -4.65. The number of rotatable bonds is 5. The highest BCUT2D eigenvalue weighted by atomic mass is 35.5. The summed E-state index contributed by atoms with van der Waals surface area (Å²) in [4.78, 5) is 28.3. The number of piperidine rings is 1. The van der Waals surface area contributed by atoms with Gasteiger partial charge in [-0.3, -0.25) is 9.59 Å². The highest BCUT2D eigenvalue weighted by molar-refractivity contribution is 6.30. The minimum atomic E-state index is -5.08. The van der Waals surface area contributed by atoms with Crippen molar-refractivity contribution in [3.8, 4) is 0 Å². The van der Waals surface area contributed by atoms with E-state index in [2.05, 4.69) is 5.32 Å². The second kappa shape index (κ2) is 10.8. The zero-order chi connectivity index (χ0) is 26.9. The molecule has 2 amide bonds. The molecule has 2 fully saturated rings. The maximum atomic E-state index is 14.0. The van der Waals surface area contributed by atoms with E-state index < -0.39 is 30.0 Å². The molecule has 200 valence electrons. The summed E-state index contributed by atoms with van der Waals surface area (Å²) in [6, 6.07) is 9.44. The van der Waals surface area contributed by atoms with Gasteiger partial charge in [-0.15, -0.1) is 0 Å². The molecule has 0 aliphatic carbocycles. The maximum absolute atomic E-state index is 14.0. The van der Waals surface area contributed by atoms with Crippen molar-refractivity contribution in [3.63, 3.8) is 0 Å². The third-order valence-corrected chi connectivity index (χ3v) is 7.05. The molecule has 4 rings (SSSR count). The Hall–Kier alpha value is -2.89. The average Bonchev–Trinajstić information content (AvgIpc) is 3.23. The zero-order valence-electron chi connectivity index (χ0n) is 20.0. The highest BCUT2D eigenvalue weighted by Gasteiger charge is 2.43. The number of hydrogen-bond acceptors (Lipinski definition) is 5. The van der Waals surface area contributed by atoms with Crippen LogP contribution in [0, 0.1) is 5.82 Å². The maximum Gasteiger partial charge on any atom is 0.471 e. The van der Waals surface area contributed by atoms with E-state index in [1.807, 2.05) is 0 Å². The molecule has 2 N–H and O–H groups in total. The molecule has 0 radical (unpaired) electrons. The Bertz CT molecular complexity index is 1140. The Balaban J connectivity index is 1.38. The van der Waals surface area contributed by atoms with Gasteiger partial charge in [-0.25, -0.2) is 4.39 Å². The van der Waals surface area contributed by atoms with E-state index in [9.17, 15) is 32.3 Å². The number of β-amino-alcohol motifs (C(OH)–C–C–N with tert-alkyl or cyclic N) is 1. The number of amides is 2. The van der Waals surface area contributed by atoms with Crippen LogP contribution < -0.4 is 15.1 Å². The molecule has 2 aliphatic heterocycles. The van der Waals surface area contributed by atoms with Crippen molar-refractivity contribution in [2.24, 2.45) is 0 Å². The first-order chi connectivity index (χ1) is 17.4. The number of alkyl halides is 3. The molecule has 2 unspecified atom stereocenters. The smallest absolute Gasteiger partial charge is 0.390 e. The van der Waals surface area contributed by atoms with E-state index in [1.54, 1.807) is 34.1 Å². The predicted molar refractivity (Wildman–Crippen MR) is 131 cm³/mol. The van der Waals surface area contributed by atoms with Gasteiger partial charge in [0.15, 0.2) is 0 Å². The minimum absolute atomic E-state index is 0.00956. The molecule has 2 aromatic rings. The lowest BCUT2D eigenvalue weighted by molar-refractivity contribution is -0.170. The summed E-state index contributed by atoms with van der Waals surface area (Å²) in [5.74, 6) is -2.83. The number of benzene rings is 2. The van der Waals surface area contributed by atoms with E-state index in [0.29, 0.717) is 41.4 Å². The number of aliphatic hydroxyl groups excluding tert-OH is 1. The van der Waals surface area contributed by atoms with Crippen molar-refractivity contribution in [3.05, 3.63) is 58.9 Å². The van der Waals surface area contributed by atoms with Gasteiger partial charge in [0.1, 0.15) is 5.82 Å². The normalized spacial score (nSPS) is 20.8. The molecule has 2 aromatic carbocycles. The Kier molecular flexibility index (Phi) is 7.96. The third kappa shape index (κ3) is 6.16. The Labute approximate surface area is 216 Å². The largest absolute Gasteiger partial charge is 0.471 e. The number of carbonyl (C=O) groups is 2. The number of likely N-dealkylation sites (tertiary alicyclic amines) is 1. The zero-order valence-corrected chi connectivity index (χ0v) is 20.8. The lowest BCUT2D eigenvalue weighted by Crippen LogP contribution is -2.50. The molecule has 0 aromatic heterocycles.